The number of hydrogen-bond acceptors (Lipinski definition) is 3. The SMILES string of the molecule is CC1CNC(=O)c2[nH]c3ccc(C(=O)Nc4cccc(N(C)C)c4)cc3c21. The van der Waals surface area contributed by atoms with E-state index in [4.69, 9.17) is 0 Å². The Morgan fingerprint density at radius 2 is 2.00 bits per heavy atom. The molecular formula is C21H22N4O2. The van der Waals surface area contributed by atoms with Crippen LogP contribution in [0.5, 0.6) is 0 Å². The van der Waals surface area contributed by atoms with Crippen LogP contribution in [0.1, 0.15) is 39.3 Å². The predicted octanol–water partition coefficient (Wildman–Crippen LogP) is 3.33. The Balaban J connectivity index is 1.68. The Morgan fingerprint density at radius 3 is 2.78 bits per heavy atom. The van der Waals surface area contributed by atoms with Crippen LogP contribution in [0, 0.1) is 0 Å². The number of H-pyrrole nitrogens is 1. The van der Waals surface area contributed by atoms with E-state index in [9.17, 15) is 9.59 Å². The lowest BCUT2D eigenvalue weighted by atomic mass is 9.93. The molecule has 0 saturated heterocycles. The van der Waals surface area contributed by atoms with Crippen molar-refractivity contribution in [2.75, 3.05) is 30.9 Å². The van der Waals surface area contributed by atoms with Crippen LogP contribution in [0.4, 0.5) is 11.4 Å². The fourth-order valence-corrected chi connectivity index (χ4v) is 3.55. The summed E-state index contributed by atoms with van der Waals surface area (Å²) in [5, 5.41) is 6.77. The maximum atomic E-state index is 12.8. The molecule has 2 aromatic carbocycles. The summed E-state index contributed by atoms with van der Waals surface area (Å²) in [5.74, 6) is -0.0667. The van der Waals surface area contributed by atoms with E-state index < -0.39 is 0 Å². The standard InChI is InChI=1S/C21H22N4O2/c1-12-11-22-21(27)19-18(12)16-9-13(7-8-17(16)24-19)20(26)23-14-5-4-6-15(10-14)25(2)3/h4-10,12,24H,11H2,1-3H3,(H,22,27)(H,23,26). The molecule has 1 unspecified atom stereocenters. The van der Waals surface area contributed by atoms with Crippen molar-refractivity contribution in [1.29, 1.82) is 0 Å². The lowest BCUT2D eigenvalue weighted by molar-refractivity contribution is 0.0936. The largest absolute Gasteiger partial charge is 0.378 e. The van der Waals surface area contributed by atoms with E-state index in [1.54, 1.807) is 6.07 Å². The normalized spacial score (nSPS) is 16.0. The summed E-state index contributed by atoms with van der Waals surface area (Å²) in [7, 11) is 3.92. The lowest BCUT2D eigenvalue weighted by Crippen LogP contribution is -2.33. The van der Waals surface area contributed by atoms with Crippen molar-refractivity contribution in [3.8, 4) is 0 Å². The molecule has 2 amide bonds. The van der Waals surface area contributed by atoms with Crippen LogP contribution in [0.15, 0.2) is 42.5 Å². The van der Waals surface area contributed by atoms with Crippen molar-refractivity contribution < 1.29 is 9.59 Å². The summed E-state index contributed by atoms with van der Waals surface area (Å²) in [5.41, 5.74) is 4.78. The second-order valence-electron chi connectivity index (χ2n) is 7.18. The van der Waals surface area contributed by atoms with Gasteiger partial charge < -0.3 is 20.5 Å². The van der Waals surface area contributed by atoms with E-state index in [0.29, 0.717) is 17.8 Å². The van der Waals surface area contributed by atoms with Gasteiger partial charge >= 0.3 is 0 Å². The topological polar surface area (TPSA) is 77.2 Å². The summed E-state index contributed by atoms with van der Waals surface area (Å²) in [4.78, 5) is 30.1. The van der Waals surface area contributed by atoms with E-state index in [0.717, 1.165) is 27.8 Å². The van der Waals surface area contributed by atoms with Crippen LogP contribution in [0.3, 0.4) is 0 Å². The second kappa shape index (κ2) is 6.46. The summed E-state index contributed by atoms with van der Waals surface area (Å²) in [6.45, 7) is 2.68. The molecule has 6 heteroatoms. The number of aromatic nitrogens is 1. The third-order valence-corrected chi connectivity index (χ3v) is 5.01. The molecule has 1 aliphatic rings. The molecule has 3 N–H and O–H groups in total. The molecule has 0 bridgehead atoms. The number of carbonyl (C=O) groups excluding carboxylic acids is 2. The Morgan fingerprint density at radius 1 is 1.19 bits per heavy atom. The molecule has 0 radical (unpaired) electrons. The second-order valence-corrected chi connectivity index (χ2v) is 7.18. The first-order valence-corrected chi connectivity index (χ1v) is 8.96. The number of carbonyl (C=O) groups is 2. The molecule has 0 aliphatic carbocycles. The zero-order valence-corrected chi connectivity index (χ0v) is 15.6. The number of hydrogen-bond donors (Lipinski definition) is 3. The van der Waals surface area contributed by atoms with Gasteiger partial charge in [0.2, 0.25) is 0 Å². The average molecular weight is 362 g/mol. The van der Waals surface area contributed by atoms with Gasteiger partial charge in [-0.25, -0.2) is 0 Å². The first-order valence-electron chi connectivity index (χ1n) is 8.96. The monoisotopic (exact) mass is 362 g/mol. The highest BCUT2D eigenvalue weighted by atomic mass is 16.2. The van der Waals surface area contributed by atoms with Gasteiger partial charge in [0.15, 0.2) is 0 Å². The molecule has 1 aliphatic heterocycles. The lowest BCUT2D eigenvalue weighted by Gasteiger charge is -2.19. The zero-order chi connectivity index (χ0) is 19.1. The molecule has 2 heterocycles. The number of fused-ring (bicyclic) bond motifs is 3. The highest BCUT2D eigenvalue weighted by Gasteiger charge is 2.27. The predicted molar refractivity (Wildman–Crippen MR) is 108 cm³/mol. The van der Waals surface area contributed by atoms with Crippen LogP contribution in [0.25, 0.3) is 10.9 Å². The summed E-state index contributed by atoms with van der Waals surface area (Å²) >= 11 is 0. The molecule has 3 aromatic rings. The molecule has 1 atom stereocenters. The van der Waals surface area contributed by atoms with Crippen molar-refractivity contribution >= 4 is 34.1 Å². The number of nitrogens with one attached hydrogen (secondary N) is 3. The van der Waals surface area contributed by atoms with Crippen molar-refractivity contribution in [3.05, 3.63) is 59.3 Å². The number of anilines is 2. The maximum Gasteiger partial charge on any atom is 0.268 e. The maximum absolute atomic E-state index is 12.8. The Hall–Kier alpha value is -3.28. The molecule has 0 saturated carbocycles. The van der Waals surface area contributed by atoms with E-state index >= 15 is 0 Å². The van der Waals surface area contributed by atoms with Gasteiger partial charge in [0.1, 0.15) is 5.69 Å². The molecule has 0 fully saturated rings. The minimum atomic E-state index is -0.171. The van der Waals surface area contributed by atoms with Crippen molar-refractivity contribution in [2.24, 2.45) is 0 Å². The van der Waals surface area contributed by atoms with Gasteiger partial charge in [-0.1, -0.05) is 13.0 Å². The average Bonchev–Trinajstić information content (AvgIpc) is 3.05. The van der Waals surface area contributed by atoms with Gasteiger partial charge in [-0.05, 0) is 42.0 Å². The molecule has 6 nitrogen and oxygen atoms in total. The van der Waals surface area contributed by atoms with Gasteiger partial charge in [0.05, 0.1) is 0 Å². The molecule has 27 heavy (non-hydrogen) atoms. The van der Waals surface area contributed by atoms with Gasteiger partial charge in [-0.15, -0.1) is 0 Å². The van der Waals surface area contributed by atoms with Gasteiger partial charge in [-0.2, -0.15) is 0 Å². The van der Waals surface area contributed by atoms with Crippen LogP contribution < -0.4 is 15.5 Å². The smallest absolute Gasteiger partial charge is 0.268 e. The van der Waals surface area contributed by atoms with Crippen molar-refractivity contribution in [1.82, 2.24) is 10.3 Å². The first-order chi connectivity index (χ1) is 12.9. The number of benzene rings is 2. The fourth-order valence-electron chi connectivity index (χ4n) is 3.55. The molecule has 4 rings (SSSR count). The third-order valence-electron chi connectivity index (χ3n) is 5.01. The Kier molecular flexibility index (Phi) is 4.11. The molecular weight excluding hydrogens is 340 g/mol. The number of rotatable bonds is 3. The number of nitrogens with zero attached hydrogens (tertiary/aromatic N) is 1. The third kappa shape index (κ3) is 3.03. The van der Waals surface area contributed by atoms with Gasteiger partial charge in [0, 0.05) is 54.4 Å². The number of aromatic amines is 1. The Labute approximate surface area is 157 Å². The molecule has 1 aromatic heterocycles. The summed E-state index contributed by atoms with van der Waals surface area (Å²) in [6, 6.07) is 13.2. The fraction of sp³-hybridized carbons (Fsp3) is 0.238. The zero-order valence-electron chi connectivity index (χ0n) is 15.6. The van der Waals surface area contributed by atoms with E-state index in [1.807, 2.05) is 55.4 Å². The number of amides is 2. The van der Waals surface area contributed by atoms with Crippen LogP contribution >= 0.6 is 0 Å². The van der Waals surface area contributed by atoms with E-state index in [-0.39, 0.29) is 17.7 Å². The first kappa shape index (κ1) is 17.1. The van der Waals surface area contributed by atoms with Gasteiger partial charge in [0.25, 0.3) is 11.8 Å². The van der Waals surface area contributed by atoms with E-state index in [2.05, 4.69) is 22.5 Å². The van der Waals surface area contributed by atoms with Crippen molar-refractivity contribution in [3.63, 3.8) is 0 Å². The van der Waals surface area contributed by atoms with E-state index in [1.165, 1.54) is 0 Å². The minimum absolute atomic E-state index is 0.0919. The van der Waals surface area contributed by atoms with Crippen LogP contribution in [0.2, 0.25) is 0 Å². The quantitative estimate of drug-likeness (QED) is 0.669. The summed E-state index contributed by atoms with van der Waals surface area (Å²) < 4.78 is 0. The molecule has 138 valence electrons. The van der Waals surface area contributed by atoms with Gasteiger partial charge in [-0.3, -0.25) is 9.59 Å². The van der Waals surface area contributed by atoms with Crippen LogP contribution in [-0.4, -0.2) is 37.4 Å². The van der Waals surface area contributed by atoms with Crippen LogP contribution in [-0.2, 0) is 0 Å². The summed E-state index contributed by atoms with van der Waals surface area (Å²) in [6.07, 6.45) is 0. The molecule has 0 spiro atoms. The van der Waals surface area contributed by atoms with Crippen molar-refractivity contribution in [2.45, 2.75) is 12.8 Å². The highest BCUT2D eigenvalue weighted by molar-refractivity contribution is 6.08. The minimum Gasteiger partial charge on any atom is -0.378 e. The highest BCUT2D eigenvalue weighted by Crippen LogP contribution is 2.32. The Bertz CT molecular complexity index is 1050.